The van der Waals surface area contributed by atoms with Gasteiger partial charge in [-0.3, -0.25) is 9.36 Å². The Bertz CT molecular complexity index is 1490. The number of aryl methyl sites for hydroxylation is 1. The summed E-state index contributed by atoms with van der Waals surface area (Å²) >= 11 is 0. The summed E-state index contributed by atoms with van der Waals surface area (Å²) in [6, 6.07) is 23.5. The number of aromatic nitrogens is 2. The van der Waals surface area contributed by atoms with Crippen molar-refractivity contribution in [3.05, 3.63) is 88.7 Å². The lowest BCUT2D eigenvalue weighted by atomic mass is 10.1. The topological polar surface area (TPSA) is 105 Å². The summed E-state index contributed by atoms with van der Waals surface area (Å²) in [5, 5.41) is 14.5. The molecule has 1 unspecified atom stereocenters. The smallest absolute Gasteiger partial charge is 0.475 e. The molecule has 1 aliphatic heterocycles. The molecule has 204 valence electrons. The summed E-state index contributed by atoms with van der Waals surface area (Å²) in [5.41, 5.74) is 3.45. The number of rotatable bonds is 6. The molecule has 11 heteroatoms. The van der Waals surface area contributed by atoms with Crippen LogP contribution in [0.5, 0.6) is 0 Å². The van der Waals surface area contributed by atoms with Crippen LogP contribution in [0.2, 0.25) is 0 Å². The Morgan fingerprint density at radius 2 is 1.74 bits per heavy atom. The van der Waals surface area contributed by atoms with Crippen molar-refractivity contribution in [2.45, 2.75) is 32.0 Å². The van der Waals surface area contributed by atoms with Crippen LogP contribution < -0.4 is 16.1 Å². The van der Waals surface area contributed by atoms with Crippen molar-refractivity contribution in [3.63, 3.8) is 0 Å². The van der Waals surface area contributed by atoms with Crippen LogP contribution in [0.25, 0.3) is 16.6 Å². The van der Waals surface area contributed by atoms with Crippen molar-refractivity contribution in [1.82, 2.24) is 9.55 Å². The molecule has 0 amide bonds. The van der Waals surface area contributed by atoms with Crippen molar-refractivity contribution in [2.24, 2.45) is 0 Å². The van der Waals surface area contributed by atoms with Gasteiger partial charge in [-0.05, 0) is 50.1 Å². The molecular formula is C28H27F3N4O4. The predicted octanol–water partition coefficient (Wildman–Crippen LogP) is 5.66. The summed E-state index contributed by atoms with van der Waals surface area (Å²) in [5.74, 6) is -1.44. The number of carboxylic acids is 1. The SMILES string of the molecule is Cc1cc2c(c(NCC3CCCO3)n1)c(=O)cc(Nc1ccccc1)n2-c1ccccc1.O=C(O)C(F)(F)F. The van der Waals surface area contributed by atoms with Gasteiger partial charge in [0.15, 0.2) is 5.43 Å². The predicted molar refractivity (Wildman–Crippen MR) is 143 cm³/mol. The summed E-state index contributed by atoms with van der Waals surface area (Å²) in [7, 11) is 0. The maximum absolute atomic E-state index is 13.3. The summed E-state index contributed by atoms with van der Waals surface area (Å²) in [4.78, 5) is 26.9. The second-order valence-corrected chi connectivity index (χ2v) is 8.88. The zero-order valence-corrected chi connectivity index (χ0v) is 21.0. The highest BCUT2D eigenvalue weighted by Gasteiger charge is 2.38. The first-order chi connectivity index (χ1) is 18.6. The van der Waals surface area contributed by atoms with Crippen molar-refractivity contribution in [2.75, 3.05) is 23.8 Å². The lowest BCUT2D eigenvalue weighted by Gasteiger charge is -2.20. The van der Waals surface area contributed by atoms with Crippen molar-refractivity contribution in [1.29, 1.82) is 0 Å². The molecule has 8 nitrogen and oxygen atoms in total. The maximum Gasteiger partial charge on any atom is 0.490 e. The van der Waals surface area contributed by atoms with Gasteiger partial charge in [0.2, 0.25) is 0 Å². The quantitative estimate of drug-likeness (QED) is 0.290. The Hall–Kier alpha value is -4.38. The number of ether oxygens (including phenoxy) is 1. The molecule has 2 aromatic heterocycles. The molecule has 0 radical (unpaired) electrons. The molecule has 0 saturated carbocycles. The zero-order valence-electron chi connectivity index (χ0n) is 21.0. The van der Waals surface area contributed by atoms with Crippen LogP contribution in [0.4, 0.5) is 30.5 Å². The number of halogens is 3. The van der Waals surface area contributed by atoms with Crippen molar-refractivity contribution >= 4 is 34.2 Å². The minimum absolute atomic E-state index is 0.0760. The van der Waals surface area contributed by atoms with Gasteiger partial charge < -0.3 is 20.5 Å². The van der Waals surface area contributed by atoms with Gasteiger partial charge >= 0.3 is 12.1 Å². The van der Waals surface area contributed by atoms with Crippen LogP contribution in [0, 0.1) is 6.92 Å². The Labute approximate surface area is 222 Å². The van der Waals surface area contributed by atoms with E-state index in [0.29, 0.717) is 23.6 Å². The van der Waals surface area contributed by atoms with E-state index >= 15 is 0 Å². The van der Waals surface area contributed by atoms with Crippen LogP contribution in [-0.4, -0.2) is 46.1 Å². The average Bonchev–Trinajstić information content (AvgIpc) is 3.42. The van der Waals surface area contributed by atoms with Gasteiger partial charge in [-0.25, -0.2) is 9.78 Å². The number of aliphatic carboxylic acids is 1. The molecule has 3 N–H and O–H groups in total. The number of nitrogens with one attached hydrogen (secondary N) is 2. The molecule has 1 fully saturated rings. The number of nitrogens with zero attached hydrogens (tertiary/aromatic N) is 2. The van der Waals surface area contributed by atoms with Gasteiger partial charge in [-0.2, -0.15) is 13.2 Å². The Morgan fingerprint density at radius 3 is 2.33 bits per heavy atom. The van der Waals surface area contributed by atoms with Crippen LogP contribution in [-0.2, 0) is 9.53 Å². The van der Waals surface area contributed by atoms with E-state index in [1.807, 2.05) is 73.7 Å². The molecule has 3 heterocycles. The van der Waals surface area contributed by atoms with E-state index in [1.165, 1.54) is 0 Å². The van der Waals surface area contributed by atoms with Gasteiger partial charge in [0.25, 0.3) is 0 Å². The third-order valence-electron chi connectivity index (χ3n) is 5.95. The Kier molecular flexibility index (Phi) is 8.50. The molecule has 5 rings (SSSR count). The number of benzene rings is 2. The number of alkyl halides is 3. The van der Waals surface area contributed by atoms with Gasteiger partial charge in [0.05, 0.1) is 17.0 Å². The first-order valence-electron chi connectivity index (χ1n) is 12.2. The molecule has 1 atom stereocenters. The first kappa shape index (κ1) is 27.6. The fourth-order valence-electron chi connectivity index (χ4n) is 4.23. The van der Waals surface area contributed by atoms with E-state index in [4.69, 9.17) is 14.6 Å². The van der Waals surface area contributed by atoms with Crippen LogP contribution in [0.15, 0.2) is 77.6 Å². The highest BCUT2D eigenvalue weighted by Crippen LogP contribution is 2.28. The highest BCUT2D eigenvalue weighted by atomic mass is 19.4. The molecule has 0 aliphatic carbocycles. The summed E-state index contributed by atoms with van der Waals surface area (Å²) in [6.07, 6.45) is -2.83. The molecule has 2 aromatic carbocycles. The van der Waals surface area contributed by atoms with Gasteiger partial charge in [0, 0.05) is 36.3 Å². The second-order valence-electron chi connectivity index (χ2n) is 8.88. The molecule has 0 bridgehead atoms. The lowest BCUT2D eigenvalue weighted by Crippen LogP contribution is -2.21. The zero-order chi connectivity index (χ0) is 28.0. The molecule has 1 aliphatic rings. The van der Waals surface area contributed by atoms with E-state index in [9.17, 15) is 18.0 Å². The monoisotopic (exact) mass is 540 g/mol. The summed E-state index contributed by atoms with van der Waals surface area (Å²) < 4.78 is 39.6. The number of pyridine rings is 2. The maximum atomic E-state index is 13.3. The Balaban J connectivity index is 0.000000448. The number of anilines is 3. The van der Waals surface area contributed by atoms with Gasteiger partial charge in [-0.1, -0.05) is 36.4 Å². The number of hydrogen-bond acceptors (Lipinski definition) is 6. The first-order valence-corrected chi connectivity index (χ1v) is 12.2. The van der Waals surface area contributed by atoms with Gasteiger partial charge in [-0.15, -0.1) is 0 Å². The number of fused-ring (bicyclic) bond motifs is 1. The van der Waals surface area contributed by atoms with Crippen LogP contribution in [0.3, 0.4) is 0 Å². The third-order valence-corrected chi connectivity index (χ3v) is 5.95. The molecule has 39 heavy (non-hydrogen) atoms. The standard InChI is InChI=1S/C26H26N4O2.C2HF3O2/c1-18-15-22-25(26(28-18)27-17-21-13-8-14-32-21)23(31)16-24(29-19-9-4-2-5-10-19)30(22)20-11-6-3-7-12-20;3-2(4,5)1(6)7/h2-7,9-12,15-16,21,29H,8,13-14,17H2,1H3,(H,27,28);(H,6,7). The van der Waals surface area contributed by atoms with Crippen LogP contribution >= 0.6 is 0 Å². The normalized spacial score (nSPS) is 14.9. The van der Waals surface area contributed by atoms with E-state index in [1.54, 1.807) is 6.07 Å². The van der Waals surface area contributed by atoms with E-state index in [0.717, 1.165) is 42.0 Å². The number of hydrogen-bond donors (Lipinski definition) is 3. The minimum atomic E-state index is -5.08. The third kappa shape index (κ3) is 6.94. The minimum Gasteiger partial charge on any atom is -0.475 e. The fourth-order valence-corrected chi connectivity index (χ4v) is 4.23. The molecule has 0 spiro atoms. The van der Waals surface area contributed by atoms with Crippen molar-refractivity contribution < 1.29 is 27.8 Å². The van der Waals surface area contributed by atoms with Crippen LogP contribution in [0.1, 0.15) is 18.5 Å². The molecule has 1 saturated heterocycles. The highest BCUT2D eigenvalue weighted by molar-refractivity contribution is 5.92. The number of para-hydroxylation sites is 2. The van der Waals surface area contributed by atoms with E-state index in [2.05, 4.69) is 20.2 Å². The average molecular weight is 541 g/mol. The second kappa shape index (κ2) is 12.0. The largest absolute Gasteiger partial charge is 0.490 e. The van der Waals surface area contributed by atoms with Gasteiger partial charge in [0.1, 0.15) is 11.6 Å². The number of carboxylic acid groups (broad SMARTS) is 1. The molecule has 4 aromatic rings. The number of carbonyl (C=O) groups is 1. The Morgan fingerprint density at radius 1 is 1.10 bits per heavy atom. The fraction of sp³-hybridized carbons (Fsp3) is 0.250. The summed E-state index contributed by atoms with van der Waals surface area (Å²) in [6.45, 7) is 3.39. The lowest BCUT2D eigenvalue weighted by molar-refractivity contribution is -0.192. The van der Waals surface area contributed by atoms with E-state index < -0.39 is 12.1 Å². The molecular weight excluding hydrogens is 513 g/mol. The van der Waals surface area contributed by atoms with E-state index in [-0.39, 0.29) is 11.5 Å². The van der Waals surface area contributed by atoms with Crippen molar-refractivity contribution in [3.8, 4) is 5.69 Å².